The van der Waals surface area contributed by atoms with Crippen molar-refractivity contribution in [3.8, 4) is 0 Å². The molecule has 1 fully saturated rings. The summed E-state index contributed by atoms with van der Waals surface area (Å²) in [6, 6.07) is 0.0381. The minimum Gasteiger partial charge on any atom is -0.373 e. The fraction of sp³-hybridized carbons (Fsp3) is 0.583. The number of fused-ring (bicyclic) bond motifs is 1. The highest BCUT2D eigenvalue weighted by Crippen LogP contribution is 2.29. The Morgan fingerprint density at radius 2 is 2.45 bits per heavy atom. The number of carbonyl (C=O) groups is 1. The topological polar surface area (TPSA) is 79.4 Å². The number of morpholine rings is 1. The average molecular weight is 342 g/mol. The molecule has 0 radical (unpaired) electrons. The van der Waals surface area contributed by atoms with Gasteiger partial charge in [0.2, 0.25) is 5.91 Å². The number of hydrogen-bond donors (Lipinski definition) is 2. The molecule has 20 heavy (non-hydrogen) atoms. The maximum atomic E-state index is 11.8. The van der Waals surface area contributed by atoms with Crippen LogP contribution in [0.4, 0.5) is 11.6 Å². The zero-order valence-corrected chi connectivity index (χ0v) is 12.7. The number of amides is 1. The summed E-state index contributed by atoms with van der Waals surface area (Å²) in [7, 11) is 0. The second-order valence-corrected chi connectivity index (χ2v) is 5.71. The Balaban J connectivity index is 1.89. The monoisotopic (exact) mass is 341 g/mol. The molecular formula is C12H16BrN5O2. The van der Waals surface area contributed by atoms with Crippen molar-refractivity contribution in [1.82, 2.24) is 15.3 Å². The van der Waals surface area contributed by atoms with Gasteiger partial charge in [-0.2, -0.15) is 0 Å². The molecule has 1 aromatic rings. The van der Waals surface area contributed by atoms with E-state index in [1.54, 1.807) is 6.20 Å². The Labute approximate surface area is 125 Å². The van der Waals surface area contributed by atoms with Crippen molar-refractivity contribution in [3.05, 3.63) is 10.8 Å². The fourth-order valence-corrected chi connectivity index (χ4v) is 2.75. The van der Waals surface area contributed by atoms with Gasteiger partial charge in [0.15, 0.2) is 11.6 Å². The van der Waals surface area contributed by atoms with Crippen molar-refractivity contribution >= 4 is 33.5 Å². The maximum absolute atomic E-state index is 11.8. The summed E-state index contributed by atoms with van der Waals surface area (Å²) < 4.78 is 6.42. The van der Waals surface area contributed by atoms with Crippen LogP contribution >= 0.6 is 15.9 Å². The SMILES string of the molecule is CC(C1CNCCO1)N1CC(=O)Nc2ncc(Br)nc21. The van der Waals surface area contributed by atoms with Crippen LogP contribution in [0.5, 0.6) is 0 Å². The van der Waals surface area contributed by atoms with E-state index in [0.29, 0.717) is 22.8 Å². The lowest BCUT2D eigenvalue weighted by Gasteiger charge is -2.39. The smallest absolute Gasteiger partial charge is 0.245 e. The number of rotatable bonds is 2. The summed E-state index contributed by atoms with van der Waals surface area (Å²) in [6.07, 6.45) is 1.61. The van der Waals surface area contributed by atoms with E-state index in [2.05, 4.69) is 36.5 Å². The Morgan fingerprint density at radius 3 is 3.20 bits per heavy atom. The lowest BCUT2D eigenvalue weighted by molar-refractivity contribution is -0.115. The van der Waals surface area contributed by atoms with Crippen molar-refractivity contribution in [1.29, 1.82) is 0 Å². The molecule has 0 aliphatic carbocycles. The van der Waals surface area contributed by atoms with Gasteiger partial charge in [-0.15, -0.1) is 0 Å². The Kier molecular flexibility index (Phi) is 3.86. The van der Waals surface area contributed by atoms with Crippen LogP contribution in [-0.2, 0) is 9.53 Å². The first-order valence-electron chi connectivity index (χ1n) is 6.56. The number of anilines is 2. The van der Waals surface area contributed by atoms with E-state index >= 15 is 0 Å². The Morgan fingerprint density at radius 1 is 1.60 bits per heavy atom. The van der Waals surface area contributed by atoms with Gasteiger partial charge in [0.25, 0.3) is 0 Å². The normalized spacial score (nSPS) is 24.0. The van der Waals surface area contributed by atoms with Gasteiger partial charge in [0.1, 0.15) is 4.60 Å². The molecule has 7 nitrogen and oxygen atoms in total. The summed E-state index contributed by atoms with van der Waals surface area (Å²) >= 11 is 3.32. The molecule has 0 aromatic carbocycles. The minimum absolute atomic E-state index is 0.0308. The number of halogens is 1. The summed E-state index contributed by atoms with van der Waals surface area (Å²) in [5.41, 5.74) is 0. The van der Waals surface area contributed by atoms with Gasteiger partial charge >= 0.3 is 0 Å². The summed E-state index contributed by atoms with van der Waals surface area (Å²) in [4.78, 5) is 22.4. The van der Waals surface area contributed by atoms with Crippen LogP contribution in [-0.4, -0.2) is 54.3 Å². The van der Waals surface area contributed by atoms with Crippen molar-refractivity contribution in [2.45, 2.75) is 19.1 Å². The highest BCUT2D eigenvalue weighted by atomic mass is 79.9. The standard InChI is InChI=1S/C12H16BrN5O2/c1-7(8-4-14-2-3-20-8)18-6-10(19)17-11-12(18)16-9(13)5-15-11/h5,7-8,14H,2-4,6H2,1H3,(H,15,17,19). The van der Waals surface area contributed by atoms with Crippen LogP contribution in [0.2, 0.25) is 0 Å². The number of aromatic nitrogens is 2. The minimum atomic E-state index is -0.0789. The molecule has 8 heteroatoms. The lowest BCUT2D eigenvalue weighted by atomic mass is 10.1. The maximum Gasteiger partial charge on any atom is 0.245 e. The van der Waals surface area contributed by atoms with Crippen LogP contribution in [0.15, 0.2) is 10.8 Å². The van der Waals surface area contributed by atoms with Crippen LogP contribution < -0.4 is 15.5 Å². The lowest BCUT2D eigenvalue weighted by Crippen LogP contribution is -2.54. The molecule has 0 spiro atoms. The largest absolute Gasteiger partial charge is 0.373 e. The van der Waals surface area contributed by atoms with Gasteiger partial charge in [-0.05, 0) is 22.9 Å². The number of nitrogens with zero attached hydrogens (tertiary/aromatic N) is 3. The second kappa shape index (κ2) is 5.63. The number of ether oxygens (including phenoxy) is 1. The molecule has 2 aliphatic rings. The first-order chi connectivity index (χ1) is 9.65. The molecule has 1 saturated heterocycles. The average Bonchev–Trinajstić information content (AvgIpc) is 2.47. The molecule has 2 atom stereocenters. The fourth-order valence-electron chi connectivity index (χ4n) is 2.48. The third kappa shape index (κ3) is 2.63. The summed E-state index contributed by atoms with van der Waals surface area (Å²) in [6.45, 7) is 4.63. The van der Waals surface area contributed by atoms with Gasteiger partial charge in [0, 0.05) is 13.1 Å². The molecule has 0 bridgehead atoms. The Bertz CT molecular complexity index is 521. The number of hydrogen-bond acceptors (Lipinski definition) is 6. The van der Waals surface area contributed by atoms with E-state index in [9.17, 15) is 4.79 Å². The third-order valence-electron chi connectivity index (χ3n) is 3.55. The van der Waals surface area contributed by atoms with Crippen molar-refractivity contribution in [2.24, 2.45) is 0 Å². The molecule has 3 heterocycles. The molecule has 2 N–H and O–H groups in total. The van der Waals surface area contributed by atoms with Gasteiger partial charge in [-0.1, -0.05) is 0 Å². The van der Waals surface area contributed by atoms with Crippen LogP contribution in [0.1, 0.15) is 6.92 Å². The summed E-state index contributed by atoms with van der Waals surface area (Å²) in [5.74, 6) is 1.10. The molecule has 1 amide bonds. The third-order valence-corrected chi connectivity index (χ3v) is 3.94. The number of carbonyl (C=O) groups excluding carboxylic acids is 1. The molecule has 0 saturated carbocycles. The molecule has 2 unspecified atom stereocenters. The second-order valence-electron chi connectivity index (χ2n) is 4.89. The zero-order valence-electron chi connectivity index (χ0n) is 11.1. The summed E-state index contributed by atoms with van der Waals surface area (Å²) in [5, 5.41) is 6.05. The van der Waals surface area contributed by atoms with Gasteiger partial charge in [0.05, 0.1) is 31.5 Å². The van der Waals surface area contributed by atoms with Gasteiger partial charge < -0.3 is 20.3 Å². The number of nitrogens with one attached hydrogen (secondary N) is 2. The molecule has 108 valence electrons. The van der Waals surface area contributed by atoms with E-state index in [4.69, 9.17) is 4.74 Å². The van der Waals surface area contributed by atoms with Gasteiger partial charge in [-0.3, -0.25) is 4.79 Å². The molecule has 2 aliphatic heterocycles. The first kappa shape index (κ1) is 13.7. The van der Waals surface area contributed by atoms with Crippen LogP contribution in [0, 0.1) is 0 Å². The molecule has 3 rings (SSSR count). The quantitative estimate of drug-likeness (QED) is 0.809. The first-order valence-corrected chi connectivity index (χ1v) is 7.36. The predicted molar refractivity (Wildman–Crippen MR) is 77.8 cm³/mol. The molecule has 1 aromatic heterocycles. The van der Waals surface area contributed by atoms with E-state index in [1.165, 1.54) is 0 Å². The predicted octanol–water partition coefficient (Wildman–Crippen LogP) is 0.374. The highest BCUT2D eigenvalue weighted by Gasteiger charge is 2.33. The van der Waals surface area contributed by atoms with Crippen LogP contribution in [0.3, 0.4) is 0 Å². The van der Waals surface area contributed by atoms with Crippen molar-refractivity contribution in [2.75, 3.05) is 36.5 Å². The molecular weight excluding hydrogens is 326 g/mol. The highest BCUT2D eigenvalue weighted by molar-refractivity contribution is 9.10. The van der Waals surface area contributed by atoms with Crippen molar-refractivity contribution < 1.29 is 9.53 Å². The Hall–Kier alpha value is -1.25. The van der Waals surface area contributed by atoms with Gasteiger partial charge in [-0.25, -0.2) is 9.97 Å². The zero-order chi connectivity index (χ0) is 14.1. The van der Waals surface area contributed by atoms with Crippen molar-refractivity contribution in [3.63, 3.8) is 0 Å². The van der Waals surface area contributed by atoms with E-state index in [-0.39, 0.29) is 24.6 Å². The van der Waals surface area contributed by atoms with E-state index < -0.39 is 0 Å². The van der Waals surface area contributed by atoms with Crippen LogP contribution in [0.25, 0.3) is 0 Å². The van der Waals surface area contributed by atoms with E-state index in [1.807, 2.05) is 11.8 Å². The van der Waals surface area contributed by atoms with E-state index in [0.717, 1.165) is 13.1 Å².